The summed E-state index contributed by atoms with van der Waals surface area (Å²) in [6.07, 6.45) is 2.12. The molecule has 3 rings (SSSR count). The van der Waals surface area contributed by atoms with Gasteiger partial charge in [-0.3, -0.25) is 4.79 Å². The number of hydrogen-bond acceptors (Lipinski definition) is 6. The summed E-state index contributed by atoms with van der Waals surface area (Å²) in [5, 5.41) is 2.95. The van der Waals surface area contributed by atoms with E-state index in [1.54, 1.807) is 14.2 Å². The number of nitrogens with one attached hydrogen (secondary N) is 1. The van der Waals surface area contributed by atoms with E-state index in [1.165, 1.54) is 0 Å². The van der Waals surface area contributed by atoms with Gasteiger partial charge < -0.3 is 24.6 Å². The van der Waals surface area contributed by atoms with Gasteiger partial charge in [0.25, 0.3) is 0 Å². The molecule has 2 heterocycles. The Morgan fingerprint density at radius 1 is 1.04 bits per heavy atom. The molecule has 2 aromatic rings. The molecule has 0 aliphatic carbocycles. The lowest BCUT2D eigenvalue weighted by atomic mass is 10.1. The SMILES string of the molecule is COc1ccc(CC(=O)NCc2ccc(N3CCN(C)CC3)nc2)cc1OC. The van der Waals surface area contributed by atoms with Crippen LogP contribution in [0, 0.1) is 0 Å². The molecule has 0 unspecified atom stereocenters. The number of hydrogen-bond donors (Lipinski definition) is 1. The molecule has 1 fully saturated rings. The maximum atomic E-state index is 12.3. The normalized spacial score (nSPS) is 14.6. The first-order chi connectivity index (χ1) is 13.6. The zero-order valence-corrected chi connectivity index (χ0v) is 16.8. The van der Waals surface area contributed by atoms with Crippen molar-refractivity contribution in [3.05, 3.63) is 47.7 Å². The number of likely N-dealkylation sites (N-methyl/N-ethyl adjacent to an activating group) is 1. The molecule has 0 saturated carbocycles. The maximum Gasteiger partial charge on any atom is 0.224 e. The molecule has 7 nitrogen and oxygen atoms in total. The molecule has 0 radical (unpaired) electrons. The molecule has 1 aromatic carbocycles. The first-order valence-electron chi connectivity index (χ1n) is 9.45. The summed E-state index contributed by atoms with van der Waals surface area (Å²) in [4.78, 5) is 21.4. The molecule has 1 aliphatic heterocycles. The quantitative estimate of drug-likeness (QED) is 0.784. The van der Waals surface area contributed by atoms with Crippen molar-refractivity contribution < 1.29 is 14.3 Å². The van der Waals surface area contributed by atoms with Gasteiger partial charge in [0.15, 0.2) is 11.5 Å². The summed E-state index contributed by atoms with van der Waals surface area (Å²) >= 11 is 0. The van der Waals surface area contributed by atoms with Crippen molar-refractivity contribution >= 4 is 11.7 Å². The van der Waals surface area contributed by atoms with Gasteiger partial charge in [0.2, 0.25) is 5.91 Å². The van der Waals surface area contributed by atoms with E-state index >= 15 is 0 Å². The van der Waals surface area contributed by atoms with Gasteiger partial charge >= 0.3 is 0 Å². The largest absolute Gasteiger partial charge is 0.493 e. The number of amides is 1. The zero-order chi connectivity index (χ0) is 19.9. The van der Waals surface area contributed by atoms with Crippen molar-refractivity contribution in [3.8, 4) is 11.5 Å². The van der Waals surface area contributed by atoms with Crippen molar-refractivity contribution in [1.29, 1.82) is 0 Å². The van der Waals surface area contributed by atoms with Gasteiger partial charge in [0.1, 0.15) is 5.82 Å². The van der Waals surface area contributed by atoms with Crippen LogP contribution in [0.1, 0.15) is 11.1 Å². The lowest BCUT2D eigenvalue weighted by Gasteiger charge is -2.33. The average molecular weight is 384 g/mol. The van der Waals surface area contributed by atoms with Crippen LogP contribution >= 0.6 is 0 Å². The molecule has 28 heavy (non-hydrogen) atoms. The van der Waals surface area contributed by atoms with Crippen LogP contribution in [0.4, 0.5) is 5.82 Å². The van der Waals surface area contributed by atoms with Gasteiger partial charge in [0.05, 0.1) is 20.6 Å². The van der Waals surface area contributed by atoms with Crippen molar-refractivity contribution in [2.45, 2.75) is 13.0 Å². The van der Waals surface area contributed by atoms with Gasteiger partial charge in [0, 0.05) is 38.9 Å². The molecule has 1 saturated heterocycles. The number of anilines is 1. The highest BCUT2D eigenvalue weighted by molar-refractivity contribution is 5.78. The summed E-state index contributed by atoms with van der Waals surface area (Å²) in [6.45, 7) is 4.54. The third kappa shape index (κ3) is 5.13. The van der Waals surface area contributed by atoms with Crippen LogP contribution < -0.4 is 19.7 Å². The first-order valence-corrected chi connectivity index (χ1v) is 9.45. The lowest BCUT2D eigenvalue weighted by molar-refractivity contribution is -0.120. The monoisotopic (exact) mass is 384 g/mol. The molecule has 1 aromatic heterocycles. The predicted molar refractivity (Wildman–Crippen MR) is 109 cm³/mol. The Kier molecular flexibility index (Phi) is 6.71. The second-order valence-electron chi connectivity index (χ2n) is 6.96. The number of benzene rings is 1. The van der Waals surface area contributed by atoms with Crippen molar-refractivity contribution in [2.75, 3.05) is 52.3 Å². The third-order valence-electron chi connectivity index (χ3n) is 4.94. The number of aromatic nitrogens is 1. The van der Waals surface area contributed by atoms with E-state index in [0.717, 1.165) is 43.1 Å². The van der Waals surface area contributed by atoms with Crippen LogP contribution in [0.25, 0.3) is 0 Å². The molecule has 1 amide bonds. The Morgan fingerprint density at radius 3 is 2.39 bits per heavy atom. The highest BCUT2D eigenvalue weighted by atomic mass is 16.5. The summed E-state index contributed by atoms with van der Waals surface area (Å²) < 4.78 is 10.5. The van der Waals surface area contributed by atoms with Crippen LogP contribution in [0.2, 0.25) is 0 Å². The maximum absolute atomic E-state index is 12.3. The van der Waals surface area contributed by atoms with Crippen LogP contribution in [0.5, 0.6) is 11.5 Å². The fourth-order valence-corrected chi connectivity index (χ4v) is 3.18. The molecule has 1 aliphatic rings. The van der Waals surface area contributed by atoms with E-state index in [0.29, 0.717) is 18.0 Å². The van der Waals surface area contributed by atoms with Gasteiger partial charge in [-0.2, -0.15) is 0 Å². The number of carbonyl (C=O) groups is 1. The zero-order valence-electron chi connectivity index (χ0n) is 16.8. The second kappa shape index (κ2) is 9.41. The number of rotatable bonds is 7. The van der Waals surface area contributed by atoms with Gasteiger partial charge in [-0.25, -0.2) is 4.98 Å². The molecule has 0 bridgehead atoms. The Morgan fingerprint density at radius 2 is 1.75 bits per heavy atom. The number of ether oxygens (including phenoxy) is 2. The lowest BCUT2D eigenvalue weighted by Crippen LogP contribution is -2.44. The van der Waals surface area contributed by atoms with Crippen LogP contribution in [0.3, 0.4) is 0 Å². The molecule has 1 N–H and O–H groups in total. The van der Waals surface area contributed by atoms with Crippen LogP contribution in [-0.4, -0.2) is 63.2 Å². The highest BCUT2D eigenvalue weighted by Crippen LogP contribution is 2.27. The Hall–Kier alpha value is -2.80. The van der Waals surface area contributed by atoms with E-state index < -0.39 is 0 Å². The van der Waals surface area contributed by atoms with E-state index in [9.17, 15) is 4.79 Å². The summed E-state index contributed by atoms with van der Waals surface area (Å²) in [6, 6.07) is 9.55. The van der Waals surface area contributed by atoms with E-state index in [1.807, 2.05) is 36.5 Å². The number of methoxy groups -OCH3 is 2. The highest BCUT2D eigenvalue weighted by Gasteiger charge is 2.15. The number of nitrogens with zero attached hydrogens (tertiary/aromatic N) is 3. The first kappa shape index (κ1) is 19.9. The molecular formula is C21H28N4O3. The summed E-state index contributed by atoms with van der Waals surface area (Å²) in [5.41, 5.74) is 1.86. The van der Waals surface area contributed by atoms with Crippen LogP contribution in [0.15, 0.2) is 36.5 Å². The number of pyridine rings is 1. The minimum atomic E-state index is -0.0460. The third-order valence-corrected chi connectivity index (χ3v) is 4.94. The fourth-order valence-electron chi connectivity index (χ4n) is 3.18. The molecule has 150 valence electrons. The van der Waals surface area contributed by atoms with Crippen LogP contribution in [-0.2, 0) is 17.8 Å². The van der Waals surface area contributed by atoms with Crippen molar-refractivity contribution in [2.24, 2.45) is 0 Å². The van der Waals surface area contributed by atoms with Crippen molar-refractivity contribution in [1.82, 2.24) is 15.2 Å². The summed E-state index contributed by atoms with van der Waals surface area (Å²) in [7, 11) is 5.31. The molecule has 0 atom stereocenters. The van der Waals surface area contributed by atoms with Gasteiger partial charge in [-0.05, 0) is 36.4 Å². The summed E-state index contributed by atoms with van der Waals surface area (Å²) in [5.74, 6) is 2.22. The standard InChI is InChI=1S/C21H28N4O3/c1-24-8-10-25(11-9-24)20-7-5-17(14-22-20)15-23-21(26)13-16-4-6-18(27-2)19(12-16)28-3/h4-7,12,14H,8-11,13,15H2,1-3H3,(H,23,26). The second-order valence-corrected chi connectivity index (χ2v) is 6.96. The molecule has 7 heteroatoms. The van der Waals surface area contributed by atoms with E-state index in [4.69, 9.17) is 9.47 Å². The van der Waals surface area contributed by atoms with E-state index in [-0.39, 0.29) is 12.3 Å². The number of piperazine rings is 1. The minimum Gasteiger partial charge on any atom is -0.493 e. The predicted octanol–water partition coefficient (Wildman–Crippen LogP) is 1.71. The van der Waals surface area contributed by atoms with Crippen molar-refractivity contribution in [3.63, 3.8) is 0 Å². The smallest absolute Gasteiger partial charge is 0.224 e. The number of carbonyl (C=O) groups excluding carboxylic acids is 1. The Labute approximate surface area is 166 Å². The molecular weight excluding hydrogens is 356 g/mol. The van der Waals surface area contributed by atoms with E-state index in [2.05, 4.69) is 27.1 Å². The minimum absolute atomic E-state index is 0.0460. The molecule has 0 spiro atoms. The van der Waals surface area contributed by atoms with Gasteiger partial charge in [-0.1, -0.05) is 12.1 Å². The Balaban J connectivity index is 1.50. The average Bonchev–Trinajstić information content (AvgIpc) is 2.73. The fraction of sp³-hybridized carbons (Fsp3) is 0.429. The topological polar surface area (TPSA) is 66.9 Å². The van der Waals surface area contributed by atoms with Gasteiger partial charge in [-0.15, -0.1) is 0 Å². The Bertz CT molecular complexity index is 787.